The van der Waals surface area contributed by atoms with E-state index in [0.717, 1.165) is 30.7 Å². The van der Waals surface area contributed by atoms with E-state index in [1.807, 2.05) is 25.6 Å². The third-order valence-corrected chi connectivity index (χ3v) is 3.73. The summed E-state index contributed by atoms with van der Waals surface area (Å²) >= 11 is 0. The largest absolute Gasteiger partial charge is 0.364 e. The molecule has 0 spiro atoms. The highest BCUT2D eigenvalue weighted by Gasteiger charge is 2.24. The third kappa shape index (κ3) is 3.41. The van der Waals surface area contributed by atoms with Crippen LogP contribution in [0.15, 0.2) is 0 Å². The van der Waals surface area contributed by atoms with Crippen molar-refractivity contribution < 1.29 is 9.53 Å². The van der Waals surface area contributed by atoms with E-state index < -0.39 is 0 Å². The molecule has 1 aromatic heterocycles. The van der Waals surface area contributed by atoms with Crippen molar-refractivity contribution in [1.29, 1.82) is 0 Å². The summed E-state index contributed by atoms with van der Waals surface area (Å²) < 4.78 is 7.65. The first-order valence-corrected chi connectivity index (χ1v) is 7.12. The Morgan fingerprint density at radius 1 is 1.42 bits per heavy atom. The van der Waals surface area contributed by atoms with Crippen LogP contribution in [0.4, 0.5) is 0 Å². The van der Waals surface area contributed by atoms with Gasteiger partial charge in [-0.3, -0.25) is 9.48 Å². The Hall–Kier alpha value is -1.23. The Morgan fingerprint density at radius 2 is 2.21 bits per heavy atom. The predicted octanol–water partition coefficient (Wildman–Crippen LogP) is 2.21. The van der Waals surface area contributed by atoms with Crippen LogP contribution in [0.2, 0.25) is 0 Å². The van der Waals surface area contributed by atoms with Gasteiger partial charge in [-0.05, 0) is 19.3 Å². The standard InChI is InChI=1S/C14H23N3O2/c1-10(2)12(18)9-19-13-8-6-4-5-7-11-14(13)15-16-17(11)3/h10,13H,4-9H2,1-3H3. The van der Waals surface area contributed by atoms with Gasteiger partial charge in [0.15, 0.2) is 5.78 Å². The Labute approximate surface area is 114 Å². The van der Waals surface area contributed by atoms with Gasteiger partial charge >= 0.3 is 0 Å². The Morgan fingerprint density at radius 3 is 2.95 bits per heavy atom. The molecule has 0 N–H and O–H groups in total. The van der Waals surface area contributed by atoms with E-state index in [4.69, 9.17) is 4.74 Å². The molecule has 5 nitrogen and oxygen atoms in total. The first kappa shape index (κ1) is 14.2. The van der Waals surface area contributed by atoms with Gasteiger partial charge in [0, 0.05) is 13.0 Å². The van der Waals surface area contributed by atoms with Gasteiger partial charge in [0.1, 0.15) is 18.4 Å². The summed E-state index contributed by atoms with van der Waals surface area (Å²) in [7, 11) is 1.92. The quantitative estimate of drug-likeness (QED) is 0.837. The first-order chi connectivity index (χ1) is 9.09. The highest BCUT2D eigenvalue weighted by atomic mass is 16.5. The second-order valence-corrected chi connectivity index (χ2v) is 5.56. The Bertz CT molecular complexity index is 440. The molecule has 1 aliphatic carbocycles. The number of ether oxygens (including phenoxy) is 1. The third-order valence-electron chi connectivity index (χ3n) is 3.73. The maximum atomic E-state index is 11.7. The highest BCUT2D eigenvalue weighted by Crippen LogP contribution is 2.28. The van der Waals surface area contributed by atoms with Crippen molar-refractivity contribution in [1.82, 2.24) is 15.0 Å². The number of aryl methyl sites for hydroxylation is 1. The molecule has 0 saturated carbocycles. The number of Topliss-reactive ketones (excluding diaryl/α,β-unsaturated/α-hetero) is 1. The van der Waals surface area contributed by atoms with Crippen LogP contribution in [0.25, 0.3) is 0 Å². The molecule has 2 rings (SSSR count). The van der Waals surface area contributed by atoms with E-state index in [1.54, 1.807) is 0 Å². The molecule has 0 amide bonds. The normalized spacial score (nSPS) is 19.9. The number of carbonyl (C=O) groups excluding carboxylic acids is 1. The van der Waals surface area contributed by atoms with Crippen molar-refractivity contribution in [3.8, 4) is 0 Å². The van der Waals surface area contributed by atoms with E-state index in [1.165, 1.54) is 12.8 Å². The molecular weight excluding hydrogens is 242 g/mol. The van der Waals surface area contributed by atoms with Crippen molar-refractivity contribution >= 4 is 5.78 Å². The van der Waals surface area contributed by atoms with Crippen LogP contribution in [-0.2, 0) is 23.0 Å². The number of aromatic nitrogens is 3. The van der Waals surface area contributed by atoms with Crippen molar-refractivity contribution in [2.45, 2.75) is 52.1 Å². The zero-order chi connectivity index (χ0) is 13.8. The molecule has 106 valence electrons. The second-order valence-electron chi connectivity index (χ2n) is 5.56. The first-order valence-electron chi connectivity index (χ1n) is 7.12. The van der Waals surface area contributed by atoms with Crippen molar-refractivity contribution in [3.63, 3.8) is 0 Å². The van der Waals surface area contributed by atoms with Crippen LogP contribution in [0.5, 0.6) is 0 Å². The molecule has 1 heterocycles. The lowest BCUT2D eigenvalue weighted by molar-refractivity contribution is -0.129. The van der Waals surface area contributed by atoms with Crippen molar-refractivity contribution in [3.05, 3.63) is 11.4 Å². The number of carbonyl (C=O) groups is 1. The van der Waals surface area contributed by atoms with Gasteiger partial charge in [0.25, 0.3) is 0 Å². The minimum atomic E-state index is -0.0771. The summed E-state index contributed by atoms with van der Waals surface area (Å²) in [6.45, 7) is 3.98. The van der Waals surface area contributed by atoms with E-state index >= 15 is 0 Å². The Kier molecular flexibility index (Phi) is 4.69. The molecule has 0 aliphatic heterocycles. The van der Waals surface area contributed by atoms with Crippen molar-refractivity contribution in [2.24, 2.45) is 13.0 Å². The molecule has 1 atom stereocenters. The summed E-state index contributed by atoms with van der Waals surface area (Å²) in [6.07, 6.45) is 5.34. The van der Waals surface area contributed by atoms with Gasteiger partial charge in [-0.1, -0.05) is 31.9 Å². The van der Waals surface area contributed by atoms with E-state index in [0.29, 0.717) is 0 Å². The molecule has 0 fully saturated rings. The van der Waals surface area contributed by atoms with Crippen LogP contribution in [0.3, 0.4) is 0 Å². The number of nitrogens with zero attached hydrogens (tertiary/aromatic N) is 3. The highest BCUT2D eigenvalue weighted by molar-refractivity contribution is 5.81. The van der Waals surface area contributed by atoms with E-state index in [2.05, 4.69) is 10.3 Å². The van der Waals surface area contributed by atoms with Crippen LogP contribution in [-0.4, -0.2) is 27.4 Å². The number of fused-ring (bicyclic) bond motifs is 1. The number of rotatable bonds is 4. The molecule has 1 unspecified atom stereocenters. The zero-order valence-corrected chi connectivity index (χ0v) is 12.1. The predicted molar refractivity (Wildman–Crippen MR) is 71.7 cm³/mol. The molecule has 0 saturated heterocycles. The average molecular weight is 265 g/mol. The van der Waals surface area contributed by atoms with Crippen LogP contribution in [0.1, 0.15) is 57.0 Å². The average Bonchev–Trinajstić information content (AvgIpc) is 2.69. The van der Waals surface area contributed by atoms with E-state index in [-0.39, 0.29) is 24.4 Å². The molecule has 0 aromatic carbocycles. The minimum Gasteiger partial charge on any atom is -0.364 e. The van der Waals surface area contributed by atoms with Gasteiger partial charge in [-0.2, -0.15) is 0 Å². The molecule has 19 heavy (non-hydrogen) atoms. The summed E-state index contributed by atoms with van der Waals surface area (Å²) in [4.78, 5) is 11.7. The number of hydrogen-bond acceptors (Lipinski definition) is 4. The fraction of sp³-hybridized carbons (Fsp3) is 0.786. The number of ketones is 1. The zero-order valence-electron chi connectivity index (χ0n) is 12.1. The molecule has 0 bridgehead atoms. The smallest absolute Gasteiger partial charge is 0.161 e. The monoisotopic (exact) mass is 265 g/mol. The summed E-state index contributed by atoms with van der Waals surface area (Å²) in [5.41, 5.74) is 2.08. The minimum absolute atomic E-state index is 0.0230. The van der Waals surface area contributed by atoms with Crippen LogP contribution in [0, 0.1) is 5.92 Å². The Balaban J connectivity index is 2.09. The molecule has 1 aliphatic rings. The van der Waals surface area contributed by atoms with Crippen LogP contribution >= 0.6 is 0 Å². The number of hydrogen-bond donors (Lipinski definition) is 0. The fourth-order valence-electron chi connectivity index (χ4n) is 2.38. The van der Waals surface area contributed by atoms with Gasteiger partial charge in [0.2, 0.25) is 0 Å². The molecule has 1 aromatic rings. The van der Waals surface area contributed by atoms with Gasteiger partial charge < -0.3 is 4.74 Å². The summed E-state index contributed by atoms with van der Waals surface area (Å²) in [6, 6.07) is 0. The topological polar surface area (TPSA) is 57.0 Å². The van der Waals surface area contributed by atoms with Crippen LogP contribution < -0.4 is 0 Å². The van der Waals surface area contributed by atoms with Crippen molar-refractivity contribution in [2.75, 3.05) is 6.61 Å². The fourth-order valence-corrected chi connectivity index (χ4v) is 2.38. The lowest BCUT2D eigenvalue weighted by atomic mass is 9.99. The van der Waals surface area contributed by atoms with Gasteiger partial charge in [0.05, 0.1) is 5.69 Å². The lowest BCUT2D eigenvalue weighted by Crippen LogP contribution is -2.19. The molecule has 0 radical (unpaired) electrons. The SMILES string of the molecule is CC(C)C(=O)COC1CCCCCc2c1nnn2C. The maximum Gasteiger partial charge on any atom is 0.161 e. The summed E-state index contributed by atoms with van der Waals surface area (Å²) in [5, 5.41) is 8.33. The molecule has 5 heteroatoms. The van der Waals surface area contributed by atoms with Gasteiger partial charge in [-0.15, -0.1) is 5.10 Å². The molecular formula is C14H23N3O2. The lowest BCUT2D eigenvalue weighted by Gasteiger charge is -2.20. The van der Waals surface area contributed by atoms with Gasteiger partial charge in [-0.25, -0.2) is 0 Å². The summed E-state index contributed by atoms with van der Waals surface area (Å²) in [5.74, 6) is 0.169. The van der Waals surface area contributed by atoms with E-state index in [9.17, 15) is 4.79 Å². The maximum absolute atomic E-state index is 11.7. The second kappa shape index (κ2) is 6.28.